The molecule has 1 unspecified atom stereocenters. The molecule has 0 aromatic heterocycles. The van der Waals surface area contributed by atoms with E-state index < -0.39 is 6.10 Å². The number of nitrogens with zero attached hydrogens (tertiary/aromatic N) is 1. The second kappa shape index (κ2) is 19.3. The molecule has 3 N–H and O–H groups in total. The van der Waals surface area contributed by atoms with Gasteiger partial charge in [0, 0.05) is 19.2 Å². The summed E-state index contributed by atoms with van der Waals surface area (Å²) in [7, 11) is 0. The maximum absolute atomic E-state index is 9.83. The third-order valence-electron chi connectivity index (χ3n) is 4.70. The highest BCUT2D eigenvalue weighted by Crippen LogP contribution is 2.08. The Morgan fingerprint density at radius 3 is 2.00 bits per heavy atom. The van der Waals surface area contributed by atoms with Crippen LogP contribution in [0.1, 0.15) is 97.8 Å². The lowest BCUT2D eigenvalue weighted by atomic mass is 10.1. The molecule has 4 nitrogen and oxygen atoms in total. The molecule has 0 aliphatic rings. The second-order valence-electron chi connectivity index (χ2n) is 7.75. The zero-order valence-corrected chi connectivity index (χ0v) is 17.8. The Kier molecular flexibility index (Phi) is 19.0. The zero-order chi connectivity index (χ0) is 19.5. The number of ether oxygens (including phenoxy) is 1. The first-order chi connectivity index (χ1) is 12.6. The number of hydrazine groups is 1. The van der Waals surface area contributed by atoms with Gasteiger partial charge in [-0.25, -0.2) is 5.01 Å². The third-order valence-corrected chi connectivity index (χ3v) is 4.70. The Morgan fingerprint density at radius 1 is 0.885 bits per heavy atom. The normalized spacial score (nSPS) is 13.3. The fraction of sp³-hybridized carbons (Fsp3) is 0.909. The summed E-state index contributed by atoms with van der Waals surface area (Å²) in [5.74, 6) is 5.79. The van der Waals surface area contributed by atoms with Crippen molar-refractivity contribution in [1.82, 2.24) is 5.01 Å². The van der Waals surface area contributed by atoms with Crippen LogP contribution in [0.2, 0.25) is 0 Å². The summed E-state index contributed by atoms with van der Waals surface area (Å²) in [6.07, 6.45) is 19.8. The summed E-state index contributed by atoms with van der Waals surface area (Å²) < 4.78 is 5.54. The molecule has 0 saturated heterocycles. The van der Waals surface area contributed by atoms with Crippen molar-refractivity contribution in [2.24, 2.45) is 5.84 Å². The Morgan fingerprint density at radius 2 is 1.42 bits per heavy atom. The lowest BCUT2D eigenvalue weighted by Gasteiger charge is -2.23. The molecule has 0 spiro atoms. The van der Waals surface area contributed by atoms with Crippen molar-refractivity contribution in [3.63, 3.8) is 0 Å². The fourth-order valence-corrected chi connectivity index (χ4v) is 2.82. The van der Waals surface area contributed by atoms with Gasteiger partial charge in [-0.2, -0.15) is 0 Å². The highest BCUT2D eigenvalue weighted by molar-refractivity contribution is 4.81. The van der Waals surface area contributed by atoms with E-state index >= 15 is 0 Å². The van der Waals surface area contributed by atoms with E-state index in [-0.39, 0.29) is 6.04 Å². The minimum atomic E-state index is -0.501. The number of aliphatic hydroxyl groups is 1. The first kappa shape index (κ1) is 25.6. The highest BCUT2D eigenvalue weighted by Gasteiger charge is 2.10. The molecule has 0 amide bonds. The van der Waals surface area contributed by atoms with Gasteiger partial charge in [0.25, 0.3) is 0 Å². The van der Waals surface area contributed by atoms with Gasteiger partial charge in [0.05, 0.1) is 12.7 Å². The van der Waals surface area contributed by atoms with Crippen molar-refractivity contribution >= 4 is 0 Å². The van der Waals surface area contributed by atoms with Crippen molar-refractivity contribution in [1.29, 1.82) is 0 Å². The highest BCUT2D eigenvalue weighted by atomic mass is 16.5. The molecule has 0 rings (SSSR count). The quantitative estimate of drug-likeness (QED) is 0.142. The molecular weight excluding hydrogens is 324 g/mol. The Bertz CT molecular complexity index is 309. The van der Waals surface area contributed by atoms with Crippen LogP contribution in [0.25, 0.3) is 0 Å². The SMILES string of the molecule is CCCCCCCC/C=C/CCCCCCOCC(O)CN(N)C(C)C. The van der Waals surface area contributed by atoms with E-state index in [2.05, 4.69) is 19.1 Å². The van der Waals surface area contributed by atoms with Crippen LogP contribution in [0.5, 0.6) is 0 Å². The smallest absolute Gasteiger partial charge is 0.0914 e. The second-order valence-corrected chi connectivity index (χ2v) is 7.75. The van der Waals surface area contributed by atoms with Crippen molar-refractivity contribution in [3.8, 4) is 0 Å². The largest absolute Gasteiger partial charge is 0.389 e. The van der Waals surface area contributed by atoms with E-state index in [1.54, 1.807) is 5.01 Å². The molecule has 0 aliphatic carbocycles. The summed E-state index contributed by atoms with van der Waals surface area (Å²) in [5.41, 5.74) is 0. The standard InChI is InChI=1S/C22H46N2O2/c1-4-5-6-7-8-9-10-11-12-13-14-15-16-17-18-26-20-22(25)19-24(23)21(2)3/h11-12,21-22,25H,4-10,13-20,23H2,1-3H3/b12-11+. The number of nitrogens with two attached hydrogens (primary N) is 1. The van der Waals surface area contributed by atoms with E-state index in [1.165, 1.54) is 70.6 Å². The molecule has 0 saturated carbocycles. The first-order valence-electron chi connectivity index (χ1n) is 11.0. The van der Waals surface area contributed by atoms with Crippen LogP contribution in [-0.2, 0) is 4.74 Å². The molecule has 1 atom stereocenters. The van der Waals surface area contributed by atoms with E-state index in [4.69, 9.17) is 10.6 Å². The van der Waals surface area contributed by atoms with Crippen LogP contribution < -0.4 is 5.84 Å². The zero-order valence-electron chi connectivity index (χ0n) is 17.8. The van der Waals surface area contributed by atoms with Gasteiger partial charge in [0.1, 0.15) is 0 Å². The topological polar surface area (TPSA) is 58.7 Å². The predicted molar refractivity (Wildman–Crippen MR) is 113 cm³/mol. The predicted octanol–water partition coefficient (Wildman–Crippen LogP) is 5.21. The molecule has 26 heavy (non-hydrogen) atoms. The molecule has 0 aliphatic heterocycles. The van der Waals surface area contributed by atoms with Gasteiger partial charge in [-0.15, -0.1) is 0 Å². The first-order valence-corrected chi connectivity index (χ1v) is 11.0. The van der Waals surface area contributed by atoms with Crippen molar-refractivity contribution in [2.45, 2.75) is 110 Å². The van der Waals surface area contributed by atoms with Gasteiger partial charge < -0.3 is 9.84 Å². The molecule has 156 valence electrons. The van der Waals surface area contributed by atoms with Gasteiger partial charge in [-0.05, 0) is 46.0 Å². The maximum Gasteiger partial charge on any atom is 0.0914 e. The number of hydrogen-bond donors (Lipinski definition) is 2. The number of allylic oxidation sites excluding steroid dienone is 2. The Hall–Kier alpha value is -0.420. The molecule has 0 bridgehead atoms. The van der Waals surface area contributed by atoms with Crippen LogP contribution in [-0.4, -0.2) is 42.0 Å². The van der Waals surface area contributed by atoms with Crippen LogP contribution in [0, 0.1) is 0 Å². The van der Waals surface area contributed by atoms with Gasteiger partial charge in [0.2, 0.25) is 0 Å². The molecule has 0 aromatic rings. The Balaban J connectivity index is 3.25. The summed E-state index contributed by atoms with van der Waals surface area (Å²) in [6.45, 7) is 7.86. The monoisotopic (exact) mass is 370 g/mol. The van der Waals surface area contributed by atoms with E-state index in [0.29, 0.717) is 13.2 Å². The minimum Gasteiger partial charge on any atom is -0.389 e. The fourth-order valence-electron chi connectivity index (χ4n) is 2.82. The van der Waals surface area contributed by atoms with Gasteiger partial charge in [-0.3, -0.25) is 5.84 Å². The summed E-state index contributed by atoms with van der Waals surface area (Å²) in [4.78, 5) is 0. The molecule has 0 heterocycles. The van der Waals surface area contributed by atoms with E-state index in [0.717, 1.165) is 13.0 Å². The molecule has 0 fully saturated rings. The van der Waals surface area contributed by atoms with Gasteiger partial charge >= 0.3 is 0 Å². The lowest BCUT2D eigenvalue weighted by molar-refractivity contribution is 0.00989. The number of aliphatic hydroxyl groups excluding tert-OH is 1. The third kappa shape index (κ3) is 18.4. The van der Waals surface area contributed by atoms with Crippen LogP contribution in [0.3, 0.4) is 0 Å². The van der Waals surface area contributed by atoms with Crippen molar-refractivity contribution in [2.75, 3.05) is 19.8 Å². The van der Waals surface area contributed by atoms with Crippen molar-refractivity contribution < 1.29 is 9.84 Å². The summed E-state index contributed by atoms with van der Waals surface area (Å²) in [6, 6.07) is 0.240. The van der Waals surface area contributed by atoms with E-state index in [1.807, 2.05) is 13.8 Å². The lowest BCUT2D eigenvalue weighted by Crippen LogP contribution is -2.44. The summed E-state index contributed by atoms with van der Waals surface area (Å²) in [5, 5.41) is 11.5. The maximum atomic E-state index is 9.83. The summed E-state index contributed by atoms with van der Waals surface area (Å²) >= 11 is 0. The number of unbranched alkanes of at least 4 members (excludes halogenated alkanes) is 10. The minimum absolute atomic E-state index is 0.240. The van der Waals surface area contributed by atoms with Crippen LogP contribution in [0.15, 0.2) is 12.2 Å². The van der Waals surface area contributed by atoms with Gasteiger partial charge in [-0.1, -0.05) is 64.0 Å². The van der Waals surface area contributed by atoms with Crippen LogP contribution in [0.4, 0.5) is 0 Å². The average molecular weight is 371 g/mol. The molecule has 0 aromatic carbocycles. The Labute approximate surface area is 163 Å². The average Bonchev–Trinajstić information content (AvgIpc) is 2.61. The number of hydrogen-bond acceptors (Lipinski definition) is 4. The van der Waals surface area contributed by atoms with Gasteiger partial charge in [0.15, 0.2) is 0 Å². The molecular formula is C22H46N2O2. The van der Waals surface area contributed by atoms with Crippen LogP contribution >= 0.6 is 0 Å². The molecule has 4 heteroatoms. The number of rotatable bonds is 19. The van der Waals surface area contributed by atoms with Crippen molar-refractivity contribution in [3.05, 3.63) is 12.2 Å². The van der Waals surface area contributed by atoms with E-state index in [9.17, 15) is 5.11 Å². The molecule has 0 radical (unpaired) electrons.